The van der Waals surface area contributed by atoms with E-state index in [2.05, 4.69) is 4.74 Å². The van der Waals surface area contributed by atoms with Crippen molar-refractivity contribution in [3.63, 3.8) is 0 Å². The van der Waals surface area contributed by atoms with E-state index in [-0.39, 0.29) is 12.4 Å². The molecule has 2 rings (SSSR count). The predicted molar refractivity (Wildman–Crippen MR) is 89.5 cm³/mol. The van der Waals surface area contributed by atoms with E-state index >= 15 is 0 Å². The first-order valence-electron chi connectivity index (χ1n) is 7.49. The molecule has 0 bridgehead atoms. The van der Waals surface area contributed by atoms with Gasteiger partial charge in [0.1, 0.15) is 18.1 Å². The third kappa shape index (κ3) is 4.98. The molecular weight excluding hydrogens is 308 g/mol. The molecule has 0 aromatic heterocycles. The third-order valence-corrected chi connectivity index (χ3v) is 3.12. The van der Waals surface area contributed by atoms with Crippen LogP contribution >= 0.6 is 0 Å². The number of rotatable bonds is 7. The second kappa shape index (κ2) is 8.53. The van der Waals surface area contributed by atoms with E-state index in [4.69, 9.17) is 4.74 Å². The molecule has 0 saturated heterocycles. The fraction of sp³-hybridized carbons (Fsp3) is 0.158. The minimum Gasteiger partial charge on any atom is -0.507 e. The molecule has 124 valence electrons. The summed E-state index contributed by atoms with van der Waals surface area (Å²) >= 11 is 0. The highest BCUT2D eigenvalue weighted by molar-refractivity contribution is 6.39. The molecule has 0 amide bonds. The summed E-state index contributed by atoms with van der Waals surface area (Å²) < 4.78 is 10.2. The zero-order chi connectivity index (χ0) is 17.4. The van der Waals surface area contributed by atoms with Crippen LogP contribution in [-0.2, 0) is 20.9 Å². The van der Waals surface area contributed by atoms with Gasteiger partial charge in [0, 0.05) is 11.6 Å². The molecule has 1 N–H and O–H groups in total. The summed E-state index contributed by atoms with van der Waals surface area (Å²) in [6, 6.07) is 16.3. The van der Waals surface area contributed by atoms with Crippen molar-refractivity contribution in [2.75, 3.05) is 6.61 Å². The Morgan fingerprint density at radius 2 is 1.83 bits per heavy atom. The van der Waals surface area contributed by atoms with Crippen LogP contribution in [0.15, 0.2) is 60.7 Å². The number of aliphatic hydroxyl groups excluding tert-OH is 1. The van der Waals surface area contributed by atoms with Gasteiger partial charge in [-0.1, -0.05) is 42.5 Å². The van der Waals surface area contributed by atoms with Crippen LogP contribution in [0.2, 0.25) is 0 Å². The Morgan fingerprint density at radius 1 is 1.08 bits per heavy atom. The van der Waals surface area contributed by atoms with Gasteiger partial charge in [0.25, 0.3) is 5.78 Å². The number of ether oxygens (including phenoxy) is 2. The normalized spacial score (nSPS) is 11.0. The van der Waals surface area contributed by atoms with Crippen molar-refractivity contribution in [1.29, 1.82) is 0 Å². The van der Waals surface area contributed by atoms with Gasteiger partial charge in [-0.15, -0.1) is 0 Å². The van der Waals surface area contributed by atoms with Crippen molar-refractivity contribution < 1.29 is 24.2 Å². The van der Waals surface area contributed by atoms with Crippen molar-refractivity contribution in [3.8, 4) is 5.75 Å². The largest absolute Gasteiger partial charge is 0.507 e. The van der Waals surface area contributed by atoms with E-state index < -0.39 is 11.8 Å². The van der Waals surface area contributed by atoms with Crippen LogP contribution < -0.4 is 4.74 Å². The lowest BCUT2D eigenvalue weighted by molar-refractivity contribution is -0.151. The van der Waals surface area contributed by atoms with Gasteiger partial charge in [0.15, 0.2) is 0 Å². The summed E-state index contributed by atoms with van der Waals surface area (Å²) in [6.45, 7) is 2.08. The van der Waals surface area contributed by atoms with Gasteiger partial charge < -0.3 is 14.6 Å². The summed E-state index contributed by atoms with van der Waals surface area (Å²) in [5.74, 6) is -1.69. The van der Waals surface area contributed by atoms with Crippen molar-refractivity contribution in [3.05, 3.63) is 71.8 Å². The molecule has 0 aliphatic rings. The fourth-order valence-corrected chi connectivity index (χ4v) is 1.95. The molecular formula is C19H18O5. The molecule has 2 aromatic rings. The number of esters is 1. The van der Waals surface area contributed by atoms with E-state index in [1.54, 1.807) is 31.2 Å². The second-order valence-electron chi connectivity index (χ2n) is 4.92. The van der Waals surface area contributed by atoms with E-state index in [1.165, 1.54) is 0 Å². The first-order chi connectivity index (χ1) is 11.6. The first kappa shape index (κ1) is 17.3. The maximum atomic E-state index is 11.6. The van der Waals surface area contributed by atoms with Crippen LogP contribution in [0.5, 0.6) is 5.75 Å². The summed E-state index contributed by atoms with van der Waals surface area (Å²) in [4.78, 5) is 22.9. The maximum absolute atomic E-state index is 11.6. The summed E-state index contributed by atoms with van der Waals surface area (Å²) in [7, 11) is 0. The lowest BCUT2D eigenvalue weighted by Gasteiger charge is -2.08. The molecule has 2 aromatic carbocycles. The summed E-state index contributed by atoms with van der Waals surface area (Å²) in [5.41, 5.74) is 1.39. The third-order valence-electron chi connectivity index (χ3n) is 3.12. The molecule has 0 saturated carbocycles. The van der Waals surface area contributed by atoms with Crippen LogP contribution in [0, 0.1) is 0 Å². The van der Waals surface area contributed by atoms with Crippen molar-refractivity contribution >= 4 is 17.5 Å². The zero-order valence-corrected chi connectivity index (χ0v) is 13.3. The van der Waals surface area contributed by atoms with Gasteiger partial charge in [-0.05, 0) is 24.6 Å². The number of hydrogen-bond donors (Lipinski definition) is 1. The van der Waals surface area contributed by atoms with Crippen molar-refractivity contribution in [2.24, 2.45) is 0 Å². The minimum absolute atomic E-state index is 0.0992. The maximum Gasteiger partial charge on any atom is 0.379 e. The molecule has 0 radical (unpaired) electrons. The molecule has 0 spiro atoms. The molecule has 0 fully saturated rings. The van der Waals surface area contributed by atoms with E-state index in [1.807, 2.05) is 30.3 Å². The van der Waals surface area contributed by atoms with E-state index in [0.717, 1.165) is 11.6 Å². The van der Waals surface area contributed by atoms with Crippen molar-refractivity contribution in [1.82, 2.24) is 0 Å². The van der Waals surface area contributed by atoms with Gasteiger partial charge in [-0.3, -0.25) is 4.79 Å². The quantitative estimate of drug-likeness (QED) is 0.366. The molecule has 24 heavy (non-hydrogen) atoms. The lowest BCUT2D eigenvalue weighted by Crippen LogP contribution is -2.15. The average molecular weight is 326 g/mol. The summed E-state index contributed by atoms with van der Waals surface area (Å²) in [5, 5.41) is 9.99. The zero-order valence-electron chi connectivity index (χ0n) is 13.3. The first-order valence-corrected chi connectivity index (χ1v) is 7.49. The van der Waals surface area contributed by atoms with Crippen LogP contribution in [0.3, 0.4) is 0 Å². The molecule has 0 aliphatic carbocycles. The molecule has 0 atom stereocenters. The van der Waals surface area contributed by atoms with E-state index in [0.29, 0.717) is 17.9 Å². The number of aliphatic hydroxyl groups is 1. The molecule has 5 nitrogen and oxygen atoms in total. The topological polar surface area (TPSA) is 72.8 Å². The number of carbonyl (C=O) groups is 2. The number of hydrogen-bond acceptors (Lipinski definition) is 5. The Hall–Kier alpha value is -3.08. The predicted octanol–water partition coefficient (Wildman–Crippen LogP) is 3.30. The van der Waals surface area contributed by atoms with E-state index in [9.17, 15) is 14.7 Å². The smallest absolute Gasteiger partial charge is 0.379 e. The highest BCUT2D eigenvalue weighted by Crippen LogP contribution is 2.19. The molecule has 5 heteroatoms. The van der Waals surface area contributed by atoms with Gasteiger partial charge in [-0.2, -0.15) is 0 Å². The lowest BCUT2D eigenvalue weighted by atomic mass is 10.1. The van der Waals surface area contributed by atoms with Crippen LogP contribution in [0.4, 0.5) is 0 Å². The minimum atomic E-state index is -1.000. The van der Waals surface area contributed by atoms with Crippen molar-refractivity contribution in [2.45, 2.75) is 13.5 Å². The highest BCUT2D eigenvalue weighted by Gasteiger charge is 2.14. The number of ketones is 1. The second-order valence-corrected chi connectivity index (χ2v) is 4.92. The Kier molecular flexibility index (Phi) is 6.14. The van der Waals surface area contributed by atoms with Crippen LogP contribution in [-0.4, -0.2) is 23.5 Å². The standard InChI is InChI=1S/C19H18O5/c1-2-23-19(22)18(21)12-17(20)15-9-6-10-16(11-15)24-13-14-7-4-3-5-8-14/h3-12,20H,2,13H2,1H3. The fourth-order valence-electron chi connectivity index (χ4n) is 1.95. The van der Waals surface area contributed by atoms with Gasteiger partial charge in [-0.25, -0.2) is 4.79 Å². The SMILES string of the molecule is CCOC(=O)C(=O)C=C(O)c1cccc(OCc2ccccc2)c1. The van der Waals surface area contributed by atoms with Gasteiger partial charge in [0.2, 0.25) is 0 Å². The number of carbonyl (C=O) groups excluding carboxylic acids is 2. The monoisotopic (exact) mass is 326 g/mol. The molecule has 0 aliphatic heterocycles. The Labute approximate surface area is 140 Å². The molecule has 0 heterocycles. The van der Waals surface area contributed by atoms with Gasteiger partial charge >= 0.3 is 5.97 Å². The summed E-state index contributed by atoms with van der Waals surface area (Å²) in [6.07, 6.45) is 0.842. The van der Waals surface area contributed by atoms with Crippen LogP contribution in [0.25, 0.3) is 5.76 Å². The highest BCUT2D eigenvalue weighted by atomic mass is 16.5. The molecule has 0 unspecified atom stereocenters. The Bertz CT molecular complexity index is 734. The Balaban J connectivity index is 2.06. The van der Waals surface area contributed by atoms with Crippen LogP contribution in [0.1, 0.15) is 18.1 Å². The average Bonchev–Trinajstić information content (AvgIpc) is 2.61. The Morgan fingerprint density at radius 3 is 2.54 bits per heavy atom. The van der Waals surface area contributed by atoms with Gasteiger partial charge in [0.05, 0.1) is 6.61 Å². The number of benzene rings is 2.